The minimum atomic E-state index is -0.221. The van der Waals surface area contributed by atoms with Crippen molar-refractivity contribution in [3.05, 3.63) is 96.2 Å². The third-order valence-electron chi connectivity index (χ3n) is 4.63. The van der Waals surface area contributed by atoms with E-state index in [0.717, 1.165) is 21.7 Å². The predicted molar refractivity (Wildman–Crippen MR) is 121 cm³/mol. The minimum absolute atomic E-state index is 0.221. The Labute approximate surface area is 182 Å². The highest BCUT2D eigenvalue weighted by Gasteiger charge is 2.20. The number of thiazole rings is 1. The number of hydrogen-bond acceptors (Lipinski definition) is 6. The molecule has 150 valence electrons. The van der Waals surface area contributed by atoms with Crippen LogP contribution in [0, 0.1) is 0 Å². The van der Waals surface area contributed by atoms with Gasteiger partial charge in [-0.25, -0.2) is 4.98 Å². The number of anilines is 1. The molecule has 2 heterocycles. The Morgan fingerprint density at radius 2 is 1.55 bits per heavy atom. The molecule has 5 rings (SSSR count). The lowest BCUT2D eigenvalue weighted by Crippen LogP contribution is -2.11. The number of hydrogen-bond donors (Lipinski definition) is 1. The Morgan fingerprint density at radius 3 is 2.26 bits per heavy atom. The molecule has 0 spiro atoms. The highest BCUT2D eigenvalue weighted by Crippen LogP contribution is 2.34. The van der Waals surface area contributed by atoms with Crippen molar-refractivity contribution >= 4 is 22.9 Å². The number of nitrogens with zero attached hydrogens (tertiary/aromatic N) is 3. The maximum Gasteiger partial charge on any atom is 0.268 e. The van der Waals surface area contributed by atoms with Crippen LogP contribution < -0.4 is 5.32 Å². The molecule has 3 aromatic carbocycles. The first-order valence-corrected chi connectivity index (χ1v) is 10.4. The van der Waals surface area contributed by atoms with Crippen LogP contribution in [0.4, 0.5) is 5.69 Å². The Kier molecular flexibility index (Phi) is 5.08. The lowest BCUT2D eigenvalue weighted by molar-refractivity contribution is 0.103. The molecule has 0 aliphatic heterocycles. The first-order valence-electron chi connectivity index (χ1n) is 9.57. The second-order valence-corrected chi connectivity index (χ2v) is 7.71. The van der Waals surface area contributed by atoms with Crippen molar-refractivity contribution in [2.24, 2.45) is 0 Å². The van der Waals surface area contributed by atoms with Gasteiger partial charge in [0.2, 0.25) is 12.3 Å². The van der Waals surface area contributed by atoms with Crippen LogP contribution in [-0.2, 0) is 0 Å². The monoisotopic (exact) mass is 424 g/mol. The van der Waals surface area contributed by atoms with Crippen molar-refractivity contribution in [3.8, 4) is 33.3 Å². The summed E-state index contributed by atoms with van der Waals surface area (Å²) in [6.45, 7) is 0. The van der Waals surface area contributed by atoms with Crippen molar-refractivity contribution in [1.29, 1.82) is 0 Å². The average molecular weight is 424 g/mol. The lowest BCUT2D eigenvalue weighted by Gasteiger charge is -2.06. The summed E-state index contributed by atoms with van der Waals surface area (Å²) in [4.78, 5) is 18.6. The molecule has 0 saturated carbocycles. The van der Waals surface area contributed by atoms with Gasteiger partial charge in [-0.1, -0.05) is 66.7 Å². The summed E-state index contributed by atoms with van der Waals surface area (Å²) in [5.41, 5.74) is 3.89. The van der Waals surface area contributed by atoms with Gasteiger partial charge in [-0.15, -0.1) is 21.5 Å². The Hall–Kier alpha value is -4.10. The van der Waals surface area contributed by atoms with Gasteiger partial charge in [0.1, 0.15) is 9.88 Å². The van der Waals surface area contributed by atoms with Gasteiger partial charge in [-0.2, -0.15) is 0 Å². The SMILES string of the molecule is O=C(Nc1cccc(-c2nnco2)c1)c1sc(-c2ccccc2)nc1-c1ccccc1. The van der Waals surface area contributed by atoms with Crippen LogP contribution in [0.1, 0.15) is 9.67 Å². The predicted octanol–water partition coefficient (Wildman–Crippen LogP) is 5.78. The third-order valence-corrected chi connectivity index (χ3v) is 5.73. The zero-order chi connectivity index (χ0) is 21.0. The third kappa shape index (κ3) is 3.99. The molecule has 31 heavy (non-hydrogen) atoms. The molecule has 0 aliphatic rings. The molecule has 5 aromatic rings. The van der Waals surface area contributed by atoms with Gasteiger partial charge >= 0.3 is 0 Å². The van der Waals surface area contributed by atoms with E-state index in [1.807, 2.05) is 78.9 Å². The Morgan fingerprint density at radius 1 is 0.839 bits per heavy atom. The number of carbonyl (C=O) groups excluding carboxylic acids is 1. The van der Waals surface area contributed by atoms with Crippen molar-refractivity contribution in [1.82, 2.24) is 15.2 Å². The molecular formula is C24H16N4O2S. The van der Waals surface area contributed by atoms with Crippen LogP contribution in [0.15, 0.2) is 95.7 Å². The first kappa shape index (κ1) is 18.9. The molecule has 2 aromatic heterocycles. The average Bonchev–Trinajstić information content (AvgIpc) is 3.51. The molecule has 7 heteroatoms. The highest BCUT2D eigenvalue weighted by molar-refractivity contribution is 7.17. The molecule has 0 unspecified atom stereocenters. The molecular weight excluding hydrogens is 408 g/mol. The molecule has 0 radical (unpaired) electrons. The van der Waals surface area contributed by atoms with Crippen LogP contribution in [0.2, 0.25) is 0 Å². The summed E-state index contributed by atoms with van der Waals surface area (Å²) in [6.07, 6.45) is 1.27. The zero-order valence-corrected chi connectivity index (χ0v) is 17.0. The summed E-state index contributed by atoms with van der Waals surface area (Å²) < 4.78 is 5.25. The number of benzene rings is 3. The van der Waals surface area contributed by atoms with E-state index in [4.69, 9.17) is 9.40 Å². The fourth-order valence-electron chi connectivity index (χ4n) is 3.19. The molecule has 1 amide bonds. The number of aromatic nitrogens is 3. The second kappa shape index (κ2) is 8.33. The normalized spacial score (nSPS) is 10.7. The van der Waals surface area contributed by atoms with Crippen molar-refractivity contribution in [2.75, 3.05) is 5.32 Å². The first-order chi connectivity index (χ1) is 15.3. The van der Waals surface area contributed by atoms with E-state index in [1.165, 1.54) is 17.7 Å². The zero-order valence-electron chi connectivity index (χ0n) is 16.2. The fraction of sp³-hybridized carbons (Fsp3) is 0. The highest BCUT2D eigenvalue weighted by atomic mass is 32.1. The molecule has 1 N–H and O–H groups in total. The van der Waals surface area contributed by atoms with E-state index in [2.05, 4.69) is 15.5 Å². The van der Waals surface area contributed by atoms with E-state index >= 15 is 0 Å². The van der Waals surface area contributed by atoms with E-state index < -0.39 is 0 Å². The Bertz CT molecular complexity index is 1320. The second-order valence-electron chi connectivity index (χ2n) is 6.71. The van der Waals surface area contributed by atoms with Gasteiger partial charge in [0.05, 0.1) is 5.69 Å². The van der Waals surface area contributed by atoms with Crippen LogP contribution in [0.5, 0.6) is 0 Å². The molecule has 6 nitrogen and oxygen atoms in total. The van der Waals surface area contributed by atoms with Crippen molar-refractivity contribution < 1.29 is 9.21 Å². The van der Waals surface area contributed by atoms with E-state index in [0.29, 0.717) is 22.1 Å². The maximum atomic E-state index is 13.3. The van der Waals surface area contributed by atoms with Crippen LogP contribution in [0.3, 0.4) is 0 Å². The number of carbonyl (C=O) groups is 1. The van der Waals surface area contributed by atoms with Crippen molar-refractivity contribution in [2.45, 2.75) is 0 Å². The summed E-state index contributed by atoms with van der Waals surface area (Å²) in [7, 11) is 0. The van der Waals surface area contributed by atoms with Gasteiger partial charge in [-0.3, -0.25) is 4.79 Å². The Balaban J connectivity index is 1.51. The summed E-state index contributed by atoms with van der Waals surface area (Å²) in [6, 6.07) is 26.9. The fourth-order valence-corrected chi connectivity index (χ4v) is 4.17. The number of amides is 1. The van der Waals surface area contributed by atoms with Crippen LogP contribution in [0.25, 0.3) is 33.3 Å². The van der Waals surface area contributed by atoms with Crippen LogP contribution in [-0.4, -0.2) is 21.1 Å². The number of rotatable bonds is 5. The van der Waals surface area contributed by atoms with Gasteiger partial charge in [0.15, 0.2) is 0 Å². The van der Waals surface area contributed by atoms with Gasteiger partial charge < -0.3 is 9.73 Å². The van der Waals surface area contributed by atoms with Crippen LogP contribution >= 0.6 is 11.3 Å². The summed E-state index contributed by atoms with van der Waals surface area (Å²) in [5.74, 6) is 0.173. The summed E-state index contributed by atoms with van der Waals surface area (Å²) >= 11 is 1.37. The smallest absolute Gasteiger partial charge is 0.268 e. The minimum Gasteiger partial charge on any atom is -0.423 e. The molecule has 0 atom stereocenters. The lowest BCUT2D eigenvalue weighted by atomic mass is 10.1. The number of nitrogens with one attached hydrogen (secondary N) is 1. The standard InChI is InChI=1S/C24H16N4O2S/c29-22(26-19-13-7-12-18(14-19)23-28-25-15-30-23)21-20(16-8-3-1-4-9-16)27-24(31-21)17-10-5-2-6-11-17/h1-15H,(H,26,29). The van der Waals surface area contributed by atoms with E-state index in [-0.39, 0.29) is 5.91 Å². The van der Waals surface area contributed by atoms with E-state index in [9.17, 15) is 4.79 Å². The maximum absolute atomic E-state index is 13.3. The molecule has 0 fully saturated rings. The van der Waals surface area contributed by atoms with E-state index in [1.54, 1.807) is 6.07 Å². The molecule has 0 aliphatic carbocycles. The molecule has 0 saturated heterocycles. The van der Waals surface area contributed by atoms with Gasteiger partial charge in [0.25, 0.3) is 5.91 Å². The van der Waals surface area contributed by atoms with Crippen molar-refractivity contribution in [3.63, 3.8) is 0 Å². The molecule has 0 bridgehead atoms. The largest absolute Gasteiger partial charge is 0.423 e. The van der Waals surface area contributed by atoms with Gasteiger partial charge in [0, 0.05) is 22.4 Å². The summed E-state index contributed by atoms with van der Waals surface area (Å²) in [5, 5.41) is 11.4. The topological polar surface area (TPSA) is 80.9 Å². The quantitative estimate of drug-likeness (QED) is 0.387. The van der Waals surface area contributed by atoms with Gasteiger partial charge in [-0.05, 0) is 18.2 Å².